The lowest BCUT2D eigenvalue weighted by atomic mass is 10.1. The molecule has 1 aromatic heterocycles. The third kappa shape index (κ3) is 1.73. The van der Waals surface area contributed by atoms with Gasteiger partial charge >= 0.3 is 5.97 Å². The third-order valence-corrected chi connectivity index (χ3v) is 2.41. The molecular formula is C11H10N2O4. The highest BCUT2D eigenvalue weighted by molar-refractivity contribution is 6.02. The highest BCUT2D eigenvalue weighted by atomic mass is 16.5. The molecule has 1 N–H and O–H groups in total. The van der Waals surface area contributed by atoms with Gasteiger partial charge in [-0.2, -0.15) is 5.10 Å². The molecule has 0 saturated carbocycles. The Morgan fingerprint density at radius 3 is 2.76 bits per heavy atom. The van der Waals surface area contributed by atoms with Gasteiger partial charge in [0, 0.05) is 5.39 Å². The van der Waals surface area contributed by atoms with Gasteiger partial charge in [0.1, 0.15) is 17.0 Å². The summed E-state index contributed by atoms with van der Waals surface area (Å²) in [7, 11) is 2.75. The first kappa shape index (κ1) is 11.1. The number of aromatic nitrogens is 2. The van der Waals surface area contributed by atoms with Gasteiger partial charge < -0.3 is 9.47 Å². The summed E-state index contributed by atoms with van der Waals surface area (Å²) in [6.07, 6.45) is 0.635. The number of hydrogen-bond acceptors (Lipinski definition) is 5. The fraction of sp³-hybridized carbons (Fsp3) is 0.182. The number of nitrogens with one attached hydrogen (secondary N) is 1. The number of nitrogens with zero attached hydrogens (tertiary/aromatic N) is 1. The maximum atomic E-state index is 11.5. The van der Waals surface area contributed by atoms with Gasteiger partial charge in [0.25, 0.3) is 0 Å². The lowest BCUT2D eigenvalue weighted by Gasteiger charge is -2.04. The molecular weight excluding hydrogens is 224 g/mol. The third-order valence-electron chi connectivity index (χ3n) is 2.41. The zero-order valence-electron chi connectivity index (χ0n) is 9.31. The predicted molar refractivity (Wildman–Crippen MR) is 59.4 cm³/mol. The summed E-state index contributed by atoms with van der Waals surface area (Å²) in [5, 5.41) is 7.05. The van der Waals surface area contributed by atoms with Crippen LogP contribution in [0.1, 0.15) is 20.8 Å². The number of esters is 1. The summed E-state index contributed by atoms with van der Waals surface area (Å²) in [5.41, 5.74) is 1.10. The highest BCUT2D eigenvalue weighted by Crippen LogP contribution is 2.27. The van der Waals surface area contributed by atoms with Gasteiger partial charge in [-0.25, -0.2) is 4.79 Å². The lowest BCUT2D eigenvalue weighted by molar-refractivity contribution is 0.0600. The van der Waals surface area contributed by atoms with E-state index in [0.717, 1.165) is 0 Å². The molecule has 2 aromatic rings. The van der Waals surface area contributed by atoms with Crippen molar-refractivity contribution in [2.45, 2.75) is 0 Å². The second kappa shape index (κ2) is 4.25. The molecule has 0 spiro atoms. The molecule has 0 saturated heterocycles. The van der Waals surface area contributed by atoms with Crippen LogP contribution in [0, 0.1) is 0 Å². The Morgan fingerprint density at radius 2 is 2.18 bits per heavy atom. The average molecular weight is 234 g/mol. The number of H-pyrrole nitrogens is 1. The van der Waals surface area contributed by atoms with Crippen molar-refractivity contribution in [3.05, 3.63) is 23.4 Å². The Balaban J connectivity index is 2.73. The summed E-state index contributed by atoms with van der Waals surface area (Å²) in [6, 6.07) is 3.06. The molecule has 0 unspecified atom stereocenters. The smallest absolute Gasteiger partial charge is 0.338 e. The van der Waals surface area contributed by atoms with Crippen molar-refractivity contribution < 1.29 is 19.1 Å². The van der Waals surface area contributed by atoms with Gasteiger partial charge in [-0.15, -0.1) is 0 Å². The highest BCUT2D eigenvalue weighted by Gasteiger charge is 2.15. The number of hydrogen-bond donors (Lipinski definition) is 1. The molecule has 0 aliphatic rings. The number of benzene rings is 1. The maximum absolute atomic E-state index is 11.5. The van der Waals surface area contributed by atoms with Gasteiger partial charge in [-0.05, 0) is 12.1 Å². The largest absolute Gasteiger partial charge is 0.494 e. The number of rotatable bonds is 3. The number of methoxy groups -OCH3 is 2. The van der Waals surface area contributed by atoms with E-state index in [-0.39, 0.29) is 0 Å². The standard InChI is InChI=1S/C11H10N2O4/c1-16-9-4-6(11(15)17-2)3-7-8(5-14)12-13-10(7)9/h3-5H,1-2H3,(H,12,13). The minimum atomic E-state index is -0.497. The second-order valence-electron chi connectivity index (χ2n) is 3.32. The van der Waals surface area contributed by atoms with Crippen LogP contribution in [0.4, 0.5) is 0 Å². The number of ether oxygens (including phenoxy) is 2. The normalized spacial score (nSPS) is 10.2. The number of aromatic amines is 1. The Bertz CT molecular complexity index is 588. The van der Waals surface area contributed by atoms with Gasteiger partial charge in [0.15, 0.2) is 6.29 Å². The fourth-order valence-corrected chi connectivity index (χ4v) is 1.59. The Morgan fingerprint density at radius 1 is 1.41 bits per heavy atom. The van der Waals surface area contributed by atoms with E-state index in [1.54, 1.807) is 0 Å². The van der Waals surface area contributed by atoms with Crippen LogP contribution in [0.3, 0.4) is 0 Å². The Kier molecular flexibility index (Phi) is 2.78. The van der Waals surface area contributed by atoms with Crippen LogP contribution >= 0.6 is 0 Å². The van der Waals surface area contributed by atoms with Crippen molar-refractivity contribution in [3.63, 3.8) is 0 Å². The molecule has 88 valence electrons. The summed E-state index contributed by atoms with van der Waals surface area (Å²) in [6.45, 7) is 0. The van der Waals surface area contributed by atoms with E-state index in [1.807, 2.05) is 0 Å². The SMILES string of the molecule is COC(=O)c1cc(OC)c2n[nH]c(C=O)c2c1. The quantitative estimate of drug-likeness (QED) is 0.636. The van der Waals surface area contributed by atoms with Gasteiger partial charge in [-0.3, -0.25) is 9.89 Å². The number of fused-ring (bicyclic) bond motifs is 1. The second-order valence-corrected chi connectivity index (χ2v) is 3.32. The van der Waals surface area contributed by atoms with Crippen molar-refractivity contribution in [1.29, 1.82) is 0 Å². The number of aldehydes is 1. The van der Waals surface area contributed by atoms with Crippen LogP contribution in [0.5, 0.6) is 5.75 Å². The topological polar surface area (TPSA) is 81.3 Å². The first-order chi connectivity index (χ1) is 8.21. The molecule has 0 atom stereocenters. The maximum Gasteiger partial charge on any atom is 0.338 e. The van der Waals surface area contributed by atoms with Crippen molar-refractivity contribution in [2.24, 2.45) is 0 Å². The van der Waals surface area contributed by atoms with E-state index in [4.69, 9.17) is 4.74 Å². The van der Waals surface area contributed by atoms with Crippen LogP contribution < -0.4 is 4.74 Å². The van der Waals surface area contributed by atoms with Crippen molar-refractivity contribution in [3.8, 4) is 5.75 Å². The first-order valence-electron chi connectivity index (χ1n) is 4.81. The zero-order chi connectivity index (χ0) is 12.4. The molecule has 6 heteroatoms. The molecule has 0 aliphatic carbocycles. The minimum Gasteiger partial charge on any atom is -0.494 e. The van der Waals surface area contributed by atoms with Crippen LogP contribution in [0.25, 0.3) is 10.9 Å². The summed E-state index contributed by atoms with van der Waals surface area (Å²) >= 11 is 0. The van der Waals surface area contributed by atoms with E-state index >= 15 is 0 Å². The molecule has 6 nitrogen and oxygen atoms in total. The predicted octanol–water partition coefficient (Wildman–Crippen LogP) is 1.17. The average Bonchev–Trinajstić information content (AvgIpc) is 2.79. The zero-order valence-corrected chi connectivity index (χ0v) is 9.31. The molecule has 0 aliphatic heterocycles. The molecule has 17 heavy (non-hydrogen) atoms. The minimum absolute atomic E-state index is 0.295. The molecule has 0 bridgehead atoms. The molecule has 0 amide bonds. The number of carbonyl (C=O) groups is 2. The van der Waals surface area contributed by atoms with Crippen LogP contribution in [0.15, 0.2) is 12.1 Å². The van der Waals surface area contributed by atoms with E-state index < -0.39 is 5.97 Å². The summed E-state index contributed by atoms with van der Waals surface area (Å²) < 4.78 is 9.74. The Hall–Kier alpha value is -2.37. The van der Waals surface area contributed by atoms with E-state index in [1.165, 1.54) is 26.4 Å². The molecule has 2 rings (SSSR count). The van der Waals surface area contributed by atoms with Gasteiger partial charge in [0.05, 0.1) is 19.8 Å². The van der Waals surface area contributed by atoms with Gasteiger partial charge in [0.2, 0.25) is 0 Å². The summed E-state index contributed by atoms with van der Waals surface area (Å²) in [5.74, 6) is -0.0875. The summed E-state index contributed by atoms with van der Waals surface area (Å²) in [4.78, 5) is 22.3. The first-order valence-corrected chi connectivity index (χ1v) is 4.81. The van der Waals surface area contributed by atoms with E-state index in [2.05, 4.69) is 14.9 Å². The number of carbonyl (C=O) groups excluding carboxylic acids is 2. The Labute approximate surface area is 96.5 Å². The monoisotopic (exact) mass is 234 g/mol. The lowest BCUT2D eigenvalue weighted by Crippen LogP contribution is -2.01. The van der Waals surface area contributed by atoms with E-state index in [9.17, 15) is 9.59 Å². The van der Waals surface area contributed by atoms with Crippen molar-refractivity contribution >= 4 is 23.2 Å². The van der Waals surface area contributed by atoms with Crippen molar-refractivity contribution in [1.82, 2.24) is 10.2 Å². The van der Waals surface area contributed by atoms with Crippen LogP contribution in [0.2, 0.25) is 0 Å². The molecule has 0 fully saturated rings. The van der Waals surface area contributed by atoms with E-state index in [0.29, 0.717) is 34.2 Å². The van der Waals surface area contributed by atoms with Gasteiger partial charge in [-0.1, -0.05) is 0 Å². The molecule has 1 aromatic carbocycles. The molecule has 1 heterocycles. The van der Waals surface area contributed by atoms with Crippen LogP contribution in [-0.4, -0.2) is 36.7 Å². The van der Waals surface area contributed by atoms with Crippen LogP contribution in [-0.2, 0) is 4.74 Å². The fourth-order valence-electron chi connectivity index (χ4n) is 1.59. The van der Waals surface area contributed by atoms with Crippen molar-refractivity contribution in [2.75, 3.05) is 14.2 Å². The molecule has 0 radical (unpaired) electrons.